The van der Waals surface area contributed by atoms with E-state index in [1.165, 1.54) is 44.9 Å². The van der Waals surface area contributed by atoms with Gasteiger partial charge in [-0.3, -0.25) is 9.35 Å². The number of nitrogens with two attached hydrogens (primary N) is 1. The Morgan fingerprint density at radius 3 is 1.81 bits per heavy atom. The molecule has 3 N–H and O–H groups in total. The van der Waals surface area contributed by atoms with E-state index in [2.05, 4.69) is 19.1 Å². The van der Waals surface area contributed by atoms with Crippen LogP contribution >= 0.6 is 0 Å². The summed E-state index contributed by atoms with van der Waals surface area (Å²) in [5.74, 6) is -0.479. The molecule has 154 valence electrons. The molecule has 0 rings (SSSR count). The average molecular weight is 390 g/mol. The third-order valence-electron chi connectivity index (χ3n) is 4.62. The minimum absolute atomic E-state index is 0.166. The van der Waals surface area contributed by atoms with Crippen LogP contribution in [0.3, 0.4) is 0 Å². The van der Waals surface area contributed by atoms with Crippen molar-refractivity contribution >= 4 is 15.9 Å². The minimum atomic E-state index is -4.37. The largest absolute Gasteiger partial charge is 0.329 e. The molecule has 0 spiro atoms. The van der Waals surface area contributed by atoms with Crippen LogP contribution in [-0.4, -0.2) is 30.5 Å². The second-order valence-corrected chi connectivity index (χ2v) is 8.64. The number of hydrogen-bond donors (Lipinski definition) is 2. The molecule has 0 amide bonds. The summed E-state index contributed by atoms with van der Waals surface area (Å²) >= 11 is 0. The summed E-state index contributed by atoms with van der Waals surface area (Å²) in [4.78, 5) is 11.7. The number of carbonyl (C=O) groups is 1. The van der Waals surface area contributed by atoms with E-state index in [4.69, 9.17) is 10.3 Å². The van der Waals surface area contributed by atoms with Crippen LogP contribution in [0.25, 0.3) is 0 Å². The van der Waals surface area contributed by atoms with Gasteiger partial charge in [-0.1, -0.05) is 70.4 Å². The van der Waals surface area contributed by atoms with Crippen LogP contribution in [0.15, 0.2) is 12.2 Å². The molecule has 0 saturated heterocycles. The SMILES string of the molecule is CCCCCCCC/C=C\CCCCCCCC(=O)C(CN)S(=O)(=O)O. The Morgan fingerprint density at radius 2 is 1.35 bits per heavy atom. The fourth-order valence-corrected chi connectivity index (χ4v) is 3.64. The van der Waals surface area contributed by atoms with Crippen molar-refractivity contribution in [2.45, 2.75) is 102 Å². The maximum Gasteiger partial charge on any atom is 0.276 e. The molecule has 0 heterocycles. The Hall–Kier alpha value is -0.720. The molecule has 1 atom stereocenters. The van der Waals surface area contributed by atoms with Crippen LogP contribution in [0, 0.1) is 0 Å². The number of Topliss-reactive ketones (excluding diaryl/α,β-unsaturated/α-hetero) is 1. The molecule has 1 unspecified atom stereocenters. The molecule has 0 bridgehead atoms. The Morgan fingerprint density at radius 1 is 0.885 bits per heavy atom. The molecule has 0 aromatic rings. The summed E-state index contributed by atoms with van der Waals surface area (Å²) in [5.41, 5.74) is 5.25. The van der Waals surface area contributed by atoms with Crippen molar-refractivity contribution in [2.75, 3.05) is 6.54 Å². The Balaban J connectivity index is 3.48. The second-order valence-electron chi connectivity index (χ2n) is 7.04. The van der Waals surface area contributed by atoms with Gasteiger partial charge < -0.3 is 5.73 Å². The van der Waals surface area contributed by atoms with Crippen LogP contribution in [-0.2, 0) is 14.9 Å². The first-order valence-electron chi connectivity index (χ1n) is 10.3. The maximum atomic E-state index is 11.7. The van der Waals surface area contributed by atoms with Gasteiger partial charge >= 0.3 is 0 Å². The number of unbranched alkanes of at least 4 members (excludes halogenated alkanes) is 11. The lowest BCUT2D eigenvalue weighted by molar-refractivity contribution is -0.118. The van der Waals surface area contributed by atoms with E-state index in [0.717, 1.165) is 32.1 Å². The number of carbonyl (C=O) groups excluding carboxylic acids is 1. The fourth-order valence-electron chi connectivity index (χ4n) is 2.95. The number of ketones is 1. The van der Waals surface area contributed by atoms with E-state index in [9.17, 15) is 13.2 Å². The van der Waals surface area contributed by atoms with Crippen molar-refractivity contribution in [1.82, 2.24) is 0 Å². The molecule has 0 radical (unpaired) electrons. The van der Waals surface area contributed by atoms with Crippen LogP contribution in [0.4, 0.5) is 0 Å². The molecule has 0 aliphatic carbocycles. The second kappa shape index (κ2) is 16.5. The van der Waals surface area contributed by atoms with Crippen molar-refractivity contribution in [3.63, 3.8) is 0 Å². The van der Waals surface area contributed by atoms with Gasteiger partial charge in [0.25, 0.3) is 10.1 Å². The predicted octanol–water partition coefficient (Wildman–Crippen LogP) is 4.81. The molecule has 5 nitrogen and oxygen atoms in total. The van der Waals surface area contributed by atoms with Gasteiger partial charge in [-0.15, -0.1) is 0 Å². The van der Waals surface area contributed by atoms with E-state index < -0.39 is 21.2 Å². The van der Waals surface area contributed by atoms with Gasteiger partial charge in [0.15, 0.2) is 11.0 Å². The maximum absolute atomic E-state index is 11.7. The predicted molar refractivity (Wildman–Crippen MR) is 109 cm³/mol. The quantitative estimate of drug-likeness (QED) is 0.199. The van der Waals surface area contributed by atoms with Crippen molar-refractivity contribution in [3.8, 4) is 0 Å². The lowest BCUT2D eigenvalue weighted by Gasteiger charge is -2.09. The summed E-state index contributed by atoms with van der Waals surface area (Å²) in [6.45, 7) is 1.88. The first-order valence-corrected chi connectivity index (χ1v) is 11.8. The smallest absolute Gasteiger partial charge is 0.276 e. The van der Waals surface area contributed by atoms with E-state index in [1.54, 1.807) is 0 Å². The zero-order valence-corrected chi connectivity index (χ0v) is 17.3. The lowest BCUT2D eigenvalue weighted by atomic mass is 10.1. The highest BCUT2D eigenvalue weighted by molar-refractivity contribution is 7.87. The van der Waals surface area contributed by atoms with Crippen molar-refractivity contribution in [1.29, 1.82) is 0 Å². The van der Waals surface area contributed by atoms with Crippen LogP contribution < -0.4 is 5.73 Å². The highest BCUT2D eigenvalue weighted by Crippen LogP contribution is 2.11. The van der Waals surface area contributed by atoms with Gasteiger partial charge in [0.2, 0.25) is 0 Å². The van der Waals surface area contributed by atoms with E-state index in [1.807, 2.05) is 0 Å². The van der Waals surface area contributed by atoms with Crippen molar-refractivity contribution in [3.05, 3.63) is 12.2 Å². The normalized spacial score (nSPS) is 13.3. The van der Waals surface area contributed by atoms with Gasteiger partial charge in [-0.05, 0) is 32.1 Å². The van der Waals surface area contributed by atoms with Gasteiger partial charge in [-0.2, -0.15) is 8.42 Å². The highest BCUT2D eigenvalue weighted by Gasteiger charge is 2.28. The zero-order chi connectivity index (χ0) is 19.7. The fraction of sp³-hybridized carbons (Fsp3) is 0.850. The monoisotopic (exact) mass is 389 g/mol. The van der Waals surface area contributed by atoms with Crippen LogP contribution in [0.2, 0.25) is 0 Å². The van der Waals surface area contributed by atoms with E-state index in [-0.39, 0.29) is 13.0 Å². The molecule has 0 saturated carbocycles. The van der Waals surface area contributed by atoms with Gasteiger partial charge in [0.1, 0.15) is 0 Å². The Kier molecular flexibility index (Phi) is 16.0. The minimum Gasteiger partial charge on any atom is -0.329 e. The number of allylic oxidation sites excluding steroid dienone is 2. The van der Waals surface area contributed by atoms with Crippen molar-refractivity contribution in [2.24, 2.45) is 5.73 Å². The first kappa shape index (κ1) is 25.3. The first-order chi connectivity index (χ1) is 12.4. The summed E-state index contributed by atoms with van der Waals surface area (Å²) < 4.78 is 31.0. The third kappa shape index (κ3) is 14.4. The zero-order valence-electron chi connectivity index (χ0n) is 16.5. The number of hydrogen-bond acceptors (Lipinski definition) is 4. The summed E-state index contributed by atoms with van der Waals surface area (Å²) in [6.07, 6.45) is 19.9. The van der Waals surface area contributed by atoms with Crippen molar-refractivity contribution < 1.29 is 17.8 Å². The Labute approximate surface area is 160 Å². The van der Waals surface area contributed by atoms with Crippen LogP contribution in [0.5, 0.6) is 0 Å². The van der Waals surface area contributed by atoms with Gasteiger partial charge in [-0.25, -0.2) is 0 Å². The van der Waals surface area contributed by atoms with Gasteiger partial charge in [0.05, 0.1) is 0 Å². The standard InChI is InChI=1S/C20H39NO4S/c1-2-3-4-5-6-7-8-9-10-11-12-13-14-15-16-17-19(22)20(18-21)26(23,24)25/h9-10,20H,2-8,11-18,21H2,1H3,(H,23,24,25)/b10-9-. The Bertz CT molecular complexity index is 474. The molecule has 0 aromatic carbocycles. The molecule has 26 heavy (non-hydrogen) atoms. The molecular weight excluding hydrogens is 350 g/mol. The molecule has 0 aliphatic heterocycles. The average Bonchev–Trinajstić information content (AvgIpc) is 2.57. The third-order valence-corrected chi connectivity index (χ3v) is 5.79. The molecule has 0 fully saturated rings. The highest BCUT2D eigenvalue weighted by atomic mass is 32.2. The summed E-state index contributed by atoms with van der Waals surface area (Å²) in [6, 6.07) is 0. The summed E-state index contributed by atoms with van der Waals surface area (Å²) in [7, 11) is -4.37. The van der Waals surface area contributed by atoms with Crippen LogP contribution in [0.1, 0.15) is 96.8 Å². The molecule has 0 aromatic heterocycles. The van der Waals surface area contributed by atoms with E-state index >= 15 is 0 Å². The lowest BCUT2D eigenvalue weighted by Crippen LogP contribution is -2.36. The van der Waals surface area contributed by atoms with Gasteiger partial charge in [0, 0.05) is 13.0 Å². The summed E-state index contributed by atoms with van der Waals surface area (Å²) in [5, 5.41) is -1.46. The topological polar surface area (TPSA) is 97.5 Å². The molecule has 0 aliphatic rings. The molecular formula is C20H39NO4S. The van der Waals surface area contributed by atoms with E-state index in [0.29, 0.717) is 6.42 Å². The molecule has 6 heteroatoms. The number of rotatable bonds is 18.